The summed E-state index contributed by atoms with van der Waals surface area (Å²) in [5.74, 6) is 1.52. The third-order valence-electron chi connectivity index (χ3n) is 3.37. The van der Waals surface area contributed by atoms with Crippen LogP contribution in [0.3, 0.4) is 0 Å². The van der Waals surface area contributed by atoms with Gasteiger partial charge in [0.25, 0.3) is 0 Å². The maximum Gasteiger partial charge on any atom is 0.220 e. The molecule has 1 aliphatic rings. The van der Waals surface area contributed by atoms with E-state index in [1.165, 1.54) is 6.42 Å². The Hall–Kier alpha value is -0.260. The second-order valence-corrected chi connectivity index (χ2v) is 5.92. The number of nitrogens with zero attached hydrogens (tertiary/aromatic N) is 1. The van der Waals surface area contributed by atoms with Gasteiger partial charge in [-0.15, -0.1) is 0 Å². The van der Waals surface area contributed by atoms with Gasteiger partial charge in [0.1, 0.15) is 0 Å². The van der Waals surface area contributed by atoms with E-state index in [0.717, 1.165) is 44.8 Å². The number of aliphatic hydroxyl groups excluding tert-OH is 1. The lowest BCUT2D eigenvalue weighted by Crippen LogP contribution is -2.38. The number of likely N-dealkylation sites (tertiary alicyclic amines) is 1. The van der Waals surface area contributed by atoms with Gasteiger partial charge in [0.2, 0.25) is 5.91 Å². The topological polar surface area (TPSA) is 52.6 Å². The molecule has 0 aromatic rings. The highest BCUT2D eigenvalue weighted by atomic mass is 32.2. The molecule has 0 radical (unpaired) electrons. The van der Waals surface area contributed by atoms with Crippen LogP contribution < -0.4 is 5.32 Å². The molecule has 0 spiro atoms. The lowest BCUT2D eigenvalue weighted by atomic mass is 9.99. The lowest BCUT2D eigenvalue weighted by Gasteiger charge is -2.31. The Kier molecular flexibility index (Phi) is 8.46. The second kappa shape index (κ2) is 9.64. The van der Waals surface area contributed by atoms with Crippen LogP contribution in [0.1, 0.15) is 25.7 Å². The molecule has 5 heteroatoms. The Morgan fingerprint density at radius 1 is 1.56 bits per heavy atom. The van der Waals surface area contributed by atoms with E-state index >= 15 is 0 Å². The number of amides is 1. The molecule has 0 saturated carbocycles. The van der Waals surface area contributed by atoms with Gasteiger partial charge in [0, 0.05) is 31.9 Å². The summed E-state index contributed by atoms with van der Waals surface area (Å²) in [6.45, 7) is 4.25. The van der Waals surface area contributed by atoms with Crippen LogP contribution in [-0.4, -0.2) is 60.7 Å². The van der Waals surface area contributed by atoms with Crippen molar-refractivity contribution in [2.45, 2.75) is 25.7 Å². The quantitative estimate of drug-likeness (QED) is 0.647. The summed E-state index contributed by atoms with van der Waals surface area (Å²) in [7, 11) is 0. The number of rotatable bonds is 8. The molecule has 18 heavy (non-hydrogen) atoms. The van der Waals surface area contributed by atoms with E-state index in [2.05, 4.69) is 10.2 Å². The van der Waals surface area contributed by atoms with Crippen molar-refractivity contribution in [3.63, 3.8) is 0 Å². The molecule has 106 valence electrons. The molecule has 1 heterocycles. The molecule has 0 aliphatic carbocycles. The fraction of sp³-hybridized carbons (Fsp3) is 0.923. The van der Waals surface area contributed by atoms with Crippen LogP contribution in [-0.2, 0) is 4.79 Å². The smallest absolute Gasteiger partial charge is 0.220 e. The molecule has 0 aromatic heterocycles. The Morgan fingerprint density at radius 2 is 2.39 bits per heavy atom. The van der Waals surface area contributed by atoms with Crippen molar-refractivity contribution in [3.8, 4) is 0 Å². The van der Waals surface area contributed by atoms with Crippen molar-refractivity contribution >= 4 is 17.7 Å². The maximum atomic E-state index is 11.4. The molecule has 4 nitrogen and oxygen atoms in total. The summed E-state index contributed by atoms with van der Waals surface area (Å²) in [6.07, 6.45) is 5.98. The number of carbonyl (C=O) groups excluding carboxylic acids is 1. The van der Waals surface area contributed by atoms with E-state index < -0.39 is 0 Å². The summed E-state index contributed by atoms with van der Waals surface area (Å²) < 4.78 is 0. The summed E-state index contributed by atoms with van der Waals surface area (Å²) in [4.78, 5) is 13.8. The van der Waals surface area contributed by atoms with Gasteiger partial charge in [0.05, 0.1) is 0 Å². The molecule has 0 bridgehead atoms. The van der Waals surface area contributed by atoms with Crippen LogP contribution in [0.5, 0.6) is 0 Å². The predicted octanol–water partition coefficient (Wildman–Crippen LogP) is 0.950. The van der Waals surface area contributed by atoms with E-state index in [0.29, 0.717) is 18.9 Å². The number of nitrogens with one attached hydrogen (secondary N) is 1. The molecule has 2 N–H and O–H groups in total. The van der Waals surface area contributed by atoms with Crippen LogP contribution in [0.4, 0.5) is 0 Å². The molecule has 0 unspecified atom stereocenters. The van der Waals surface area contributed by atoms with E-state index in [4.69, 9.17) is 5.11 Å². The first-order chi connectivity index (χ1) is 8.76. The van der Waals surface area contributed by atoms with Crippen molar-refractivity contribution in [1.29, 1.82) is 0 Å². The number of carbonyl (C=O) groups is 1. The van der Waals surface area contributed by atoms with Crippen molar-refractivity contribution in [2.75, 3.05) is 44.8 Å². The fourth-order valence-electron chi connectivity index (χ4n) is 2.32. The lowest BCUT2D eigenvalue weighted by molar-refractivity contribution is -0.120. The van der Waals surface area contributed by atoms with Gasteiger partial charge in [-0.25, -0.2) is 0 Å². The number of piperidine rings is 1. The average Bonchev–Trinajstić information content (AvgIpc) is 2.41. The highest BCUT2D eigenvalue weighted by Crippen LogP contribution is 2.15. The molecule has 0 aromatic carbocycles. The molecule has 1 amide bonds. The molecule has 1 atom stereocenters. The minimum Gasteiger partial charge on any atom is -0.396 e. The molecule has 1 saturated heterocycles. The van der Waals surface area contributed by atoms with Crippen LogP contribution in [0.25, 0.3) is 0 Å². The SMILES string of the molecule is CSCCC(=O)NCCCN1CCC[C@H](CO)C1. The maximum absolute atomic E-state index is 11.4. The Balaban J connectivity index is 2.01. The van der Waals surface area contributed by atoms with E-state index in [1.807, 2.05) is 6.26 Å². The number of thioether (sulfide) groups is 1. The van der Waals surface area contributed by atoms with Gasteiger partial charge in [-0.2, -0.15) is 11.8 Å². The van der Waals surface area contributed by atoms with E-state index in [9.17, 15) is 4.79 Å². The monoisotopic (exact) mass is 274 g/mol. The average molecular weight is 274 g/mol. The van der Waals surface area contributed by atoms with Crippen LogP contribution in [0.15, 0.2) is 0 Å². The third kappa shape index (κ3) is 6.61. The largest absolute Gasteiger partial charge is 0.396 e. The number of hydrogen-bond acceptors (Lipinski definition) is 4. The Morgan fingerprint density at radius 3 is 3.11 bits per heavy atom. The van der Waals surface area contributed by atoms with Crippen molar-refractivity contribution in [2.24, 2.45) is 5.92 Å². The Bertz CT molecular complexity index is 239. The number of aliphatic hydroxyl groups is 1. The molecular formula is C13H26N2O2S. The zero-order valence-corrected chi connectivity index (χ0v) is 12.2. The summed E-state index contributed by atoms with van der Waals surface area (Å²) in [6, 6.07) is 0. The first kappa shape index (κ1) is 15.8. The highest BCUT2D eigenvalue weighted by Gasteiger charge is 2.18. The highest BCUT2D eigenvalue weighted by molar-refractivity contribution is 7.98. The standard InChI is InChI=1S/C13H26N2O2S/c1-18-9-5-13(17)14-6-3-8-15-7-2-4-12(10-15)11-16/h12,16H,2-11H2,1H3,(H,14,17)/t12-/m0/s1. The van der Waals surface area contributed by atoms with Gasteiger partial charge in [-0.1, -0.05) is 0 Å². The second-order valence-electron chi connectivity index (χ2n) is 4.94. The summed E-state index contributed by atoms with van der Waals surface area (Å²) in [5, 5.41) is 12.1. The zero-order valence-electron chi connectivity index (χ0n) is 11.4. The first-order valence-electron chi connectivity index (χ1n) is 6.85. The minimum absolute atomic E-state index is 0.163. The first-order valence-corrected chi connectivity index (χ1v) is 8.24. The van der Waals surface area contributed by atoms with Gasteiger partial charge < -0.3 is 15.3 Å². The Labute approximate surface area is 115 Å². The molecule has 1 fully saturated rings. The summed E-state index contributed by atoms with van der Waals surface area (Å²) >= 11 is 1.70. The predicted molar refractivity (Wildman–Crippen MR) is 76.9 cm³/mol. The van der Waals surface area contributed by atoms with Crippen LogP contribution in [0, 0.1) is 5.92 Å². The fourth-order valence-corrected chi connectivity index (χ4v) is 2.71. The van der Waals surface area contributed by atoms with Gasteiger partial charge in [0.15, 0.2) is 0 Å². The summed E-state index contributed by atoms with van der Waals surface area (Å²) in [5.41, 5.74) is 0. The van der Waals surface area contributed by atoms with Crippen LogP contribution >= 0.6 is 11.8 Å². The number of hydrogen-bond donors (Lipinski definition) is 2. The van der Waals surface area contributed by atoms with E-state index in [-0.39, 0.29) is 5.91 Å². The van der Waals surface area contributed by atoms with Crippen molar-refractivity contribution in [3.05, 3.63) is 0 Å². The molecule has 1 aliphatic heterocycles. The van der Waals surface area contributed by atoms with Gasteiger partial charge in [-0.3, -0.25) is 4.79 Å². The third-order valence-corrected chi connectivity index (χ3v) is 3.98. The van der Waals surface area contributed by atoms with E-state index in [1.54, 1.807) is 11.8 Å². The van der Waals surface area contributed by atoms with Gasteiger partial charge >= 0.3 is 0 Å². The zero-order chi connectivity index (χ0) is 13.2. The molecule has 1 rings (SSSR count). The van der Waals surface area contributed by atoms with Crippen LogP contribution in [0.2, 0.25) is 0 Å². The van der Waals surface area contributed by atoms with Crippen molar-refractivity contribution in [1.82, 2.24) is 10.2 Å². The minimum atomic E-state index is 0.163. The van der Waals surface area contributed by atoms with Crippen molar-refractivity contribution < 1.29 is 9.90 Å². The van der Waals surface area contributed by atoms with Gasteiger partial charge in [-0.05, 0) is 44.5 Å². The normalized spacial score (nSPS) is 20.9. The molecular weight excluding hydrogens is 248 g/mol.